The molecule has 106 valence electrons. The van der Waals surface area contributed by atoms with E-state index >= 15 is 0 Å². The highest BCUT2D eigenvalue weighted by molar-refractivity contribution is 5.84. The smallest absolute Gasteiger partial charge is 0.304 e. The molecule has 1 amide bonds. The number of hydrogen-bond acceptors (Lipinski definition) is 5. The number of nitrogens with two attached hydrogens (primary N) is 1. The molecule has 1 saturated heterocycles. The van der Waals surface area contributed by atoms with Gasteiger partial charge in [0, 0.05) is 12.1 Å². The lowest BCUT2D eigenvalue weighted by Crippen LogP contribution is -3.00. The van der Waals surface area contributed by atoms with Crippen molar-refractivity contribution < 1.29 is 41.8 Å². The molecule has 1 aliphatic rings. The van der Waals surface area contributed by atoms with Crippen LogP contribution in [0.1, 0.15) is 6.23 Å². The number of nitrogens with zero attached hydrogens (tertiary/aromatic N) is 1. The molecule has 8 heteroatoms. The minimum absolute atomic E-state index is 0. The van der Waals surface area contributed by atoms with Gasteiger partial charge in [-0.1, -0.05) is 6.07 Å². The molecule has 19 heavy (non-hydrogen) atoms. The maximum Gasteiger partial charge on any atom is 0.304 e. The van der Waals surface area contributed by atoms with Crippen molar-refractivity contribution in [2.45, 2.75) is 24.0 Å². The summed E-state index contributed by atoms with van der Waals surface area (Å²) in [5.74, 6) is -1.10. The normalized spacial score (nSPS) is 33.7. The molecule has 1 aliphatic heterocycles. The van der Waals surface area contributed by atoms with Crippen LogP contribution in [0.5, 0.6) is 0 Å². The van der Waals surface area contributed by atoms with Crippen molar-refractivity contribution in [2.24, 2.45) is 5.73 Å². The summed E-state index contributed by atoms with van der Waals surface area (Å²) < 4.78 is 6.70. The van der Waals surface area contributed by atoms with E-state index in [-0.39, 0.29) is 12.4 Å². The maximum absolute atomic E-state index is 11.4. The zero-order valence-electron chi connectivity index (χ0n) is 9.89. The highest BCUT2D eigenvalue weighted by atomic mass is 35.5. The van der Waals surface area contributed by atoms with Crippen LogP contribution in [-0.2, 0) is 9.53 Å². The number of aromatic nitrogens is 1. The Morgan fingerprint density at radius 2 is 1.95 bits per heavy atom. The standard InChI is InChI=1S/C11H14N2O5.ClH/c12-9(16)11(17)8(15)7(6-14)18-10(11)13-4-2-1-3-5-13;/h1-5,7-8,10,14-15,17H,6H2,(H-,12,16);1H/t7-,8+,10-,11-;/m1./s1. The Balaban J connectivity index is 0.00000180. The Bertz CT molecular complexity index is 446. The average molecular weight is 291 g/mol. The van der Waals surface area contributed by atoms with E-state index in [4.69, 9.17) is 15.6 Å². The van der Waals surface area contributed by atoms with E-state index in [0.717, 1.165) is 0 Å². The Kier molecular flexibility index (Phi) is 4.83. The molecule has 0 saturated carbocycles. The fraction of sp³-hybridized carbons (Fsp3) is 0.455. The Morgan fingerprint density at radius 3 is 2.42 bits per heavy atom. The molecule has 5 N–H and O–H groups in total. The molecule has 7 nitrogen and oxygen atoms in total. The van der Waals surface area contributed by atoms with E-state index in [9.17, 15) is 15.0 Å². The van der Waals surface area contributed by atoms with Crippen LogP contribution in [0.3, 0.4) is 0 Å². The second-order valence-corrected chi connectivity index (χ2v) is 4.17. The molecule has 1 aromatic heterocycles. The summed E-state index contributed by atoms with van der Waals surface area (Å²) in [5, 5.41) is 29.2. The molecule has 0 spiro atoms. The van der Waals surface area contributed by atoms with Crippen molar-refractivity contribution in [1.82, 2.24) is 0 Å². The third-order valence-electron chi connectivity index (χ3n) is 3.07. The summed E-state index contributed by atoms with van der Waals surface area (Å²) in [6.45, 7) is -0.527. The molecule has 0 radical (unpaired) electrons. The van der Waals surface area contributed by atoms with Gasteiger partial charge in [0.05, 0.1) is 6.61 Å². The third kappa shape index (κ3) is 2.43. The average Bonchev–Trinajstić information content (AvgIpc) is 2.65. The maximum atomic E-state index is 11.4. The number of aliphatic hydroxyl groups excluding tert-OH is 2. The molecule has 1 aromatic rings. The van der Waals surface area contributed by atoms with Crippen molar-refractivity contribution in [3.05, 3.63) is 30.6 Å². The third-order valence-corrected chi connectivity index (χ3v) is 3.07. The van der Waals surface area contributed by atoms with E-state index in [1.54, 1.807) is 30.6 Å². The number of hydrogen-bond donors (Lipinski definition) is 4. The van der Waals surface area contributed by atoms with Crippen molar-refractivity contribution in [3.63, 3.8) is 0 Å². The molecular weight excluding hydrogens is 276 g/mol. The predicted octanol–water partition coefficient (Wildman–Crippen LogP) is -5.55. The fourth-order valence-electron chi connectivity index (χ4n) is 2.05. The molecule has 4 atom stereocenters. The monoisotopic (exact) mass is 290 g/mol. The largest absolute Gasteiger partial charge is 1.00 e. The Morgan fingerprint density at radius 1 is 1.37 bits per heavy atom. The summed E-state index contributed by atoms with van der Waals surface area (Å²) in [6, 6.07) is 5.08. The van der Waals surface area contributed by atoms with Crippen molar-refractivity contribution in [3.8, 4) is 0 Å². The second kappa shape index (κ2) is 5.81. The first kappa shape index (κ1) is 15.8. The molecule has 0 unspecified atom stereocenters. The molecule has 0 bridgehead atoms. The SMILES string of the molecule is NC(=O)[C@]1(O)[C@@H](O)[C@@H](CO)O[C@H]1[n+]1ccccc1.[Cl-]. The molecule has 2 rings (SSSR count). The number of ether oxygens (including phenoxy) is 1. The van der Waals surface area contributed by atoms with E-state index in [2.05, 4.69) is 0 Å². The van der Waals surface area contributed by atoms with Gasteiger partial charge in [0.15, 0.2) is 12.4 Å². The van der Waals surface area contributed by atoms with Gasteiger partial charge in [-0.15, -0.1) is 0 Å². The van der Waals surface area contributed by atoms with Crippen LogP contribution in [0.4, 0.5) is 0 Å². The van der Waals surface area contributed by atoms with Gasteiger partial charge in [0.25, 0.3) is 11.5 Å². The van der Waals surface area contributed by atoms with Gasteiger partial charge >= 0.3 is 6.23 Å². The first-order chi connectivity index (χ1) is 8.51. The lowest BCUT2D eigenvalue weighted by molar-refractivity contribution is -0.769. The van der Waals surface area contributed by atoms with Gasteiger partial charge < -0.3 is 38.2 Å². The van der Waals surface area contributed by atoms with Crippen LogP contribution >= 0.6 is 0 Å². The summed E-state index contributed by atoms with van der Waals surface area (Å²) in [6.07, 6.45) is -0.711. The van der Waals surface area contributed by atoms with E-state index in [0.29, 0.717) is 0 Å². The van der Waals surface area contributed by atoms with Crippen LogP contribution in [0.25, 0.3) is 0 Å². The fourth-order valence-corrected chi connectivity index (χ4v) is 2.05. The van der Waals surface area contributed by atoms with Gasteiger partial charge in [0.1, 0.15) is 12.2 Å². The van der Waals surface area contributed by atoms with E-state index in [1.807, 2.05) is 0 Å². The molecular formula is C11H15ClN2O5. The van der Waals surface area contributed by atoms with Crippen molar-refractivity contribution in [1.29, 1.82) is 0 Å². The number of aliphatic hydroxyl groups is 3. The van der Waals surface area contributed by atoms with Crippen LogP contribution in [0, 0.1) is 0 Å². The number of carbonyl (C=O) groups is 1. The number of halogens is 1. The number of rotatable bonds is 3. The number of primary amides is 1. The lowest BCUT2D eigenvalue weighted by Gasteiger charge is -2.23. The van der Waals surface area contributed by atoms with Crippen molar-refractivity contribution >= 4 is 5.91 Å². The van der Waals surface area contributed by atoms with Crippen LogP contribution in [-0.4, -0.2) is 45.6 Å². The van der Waals surface area contributed by atoms with Crippen molar-refractivity contribution in [2.75, 3.05) is 6.61 Å². The quantitative estimate of drug-likeness (QED) is 0.414. The highest BCUT2D eigenvalue weighted by Gasteiger charge is 2.64. The Labute approximate surface area is 115 Å². The first-order valence-corrected chi connectivity index (χ1v) is 5.44. The first-order valence-electron chi connectivity index (χ1n) is 5.44. The van der Waals surface area contributed by atoms with Gasteiger partial charge in [-0.25, -0.2) is 0 Å². The number of carbonyl (C=O) groups excluding carboxylic acids is 1. The molecule has 1 fully saturated rings. The van der Waals surface area contributed by atoms with E-state index in [1.165, 1.54) is 4.57 Å². The summed E-state index contributed by atoms with van der Waals surface area (Å²) in [4.78, 5) is 11.4. The summed E-state index contributed by atoms with van der Waals surface area (Å²) >= 11 is 0. The predicted molar refractivity (Wildman–Crippen MR) is 57.8 cm³/mol. The number of pyridine rings is 1. The minimum Gasteiger partial charge on any atom is -1.00 e. The van der Waals surface area contributed by atoms with Gasteiger partial charge in [-0.3, -0.25) is 4.79 Å². The summed E-state index contributed by atoms with van der Waals surface area (Å²) in [5.41, 5.74) is 2.86. The Hall–Kier alpha value is -1.25. The molecule has 0 aliphatic carbocycles. The number of amides is 1. The molecule has 2 heterocycles. The van der Waals surface area contributed by atoms with Gasteiger partial charge in [-0.05, 0) is 0 Å². The zero-order valence-corrected chi connectivity index (χ0v) is 10.6. The zero-order chi connectivity index (χ0) is 13.3. The van der Waals surface area contributed by atoms with Crippen LogP contribution < -0.4 is 22.7 Å². The van der Waals surface area contributed by atoms with E-state index < -0.39 is 36.6 Å². The van der Waals surface area contributed by atoms with Crippen LogP contribution in [0.15, 0.2) is 30.6 Å². The lowest BCUT2D eigenvalue weighted by atomic mass is 9.93. The summed E-state index contributed by atoms with van der Waals surface area (Å²) in [7, 11) is 0. The van der Waals surface area contributed by atoms with Gasteiger partial charge in [0.2, 0.25) is 0 Å². The molecule has 0 aromatic carbocycles. The van der Waals surface area contributed by atoms with Gasteiger partial charge in [-0.2, -0.15) is 4.57 Å². The second-order valence-electron chi connectivity index (χ2n) is 4.17. The minimum atomic E-state index is -2.28. The highest BCUT2D eigenvalue weighted by Crippen LogP contribution is 2.34. The van der Waals surface area contributed by atoms with Crippen LogP contribution in [0.2, 0.25) is 0 Å². The topological polar surface area (TPSA) is 117 Å².